The maximum atomic E-state index is 8.88. The summed E-state index contributed by atoms with van der Waals surface area (Å²) in [5.74, 6) is 0. The predicted molar refractivity (Wildman–Crippen MR) is 78.9 cm³/mol. The molecule has 0 amide bonds. The van der Waals surface area contributed by atoms with Crippen LogP contribution < -0.4 is 5.32 Å². The summed E-state index contributed by atoms with van der Waals surface area (Å²) >= 11 is 0. The highest BCUT2D eigenvalue weighted by atomic mass is 16.2. The van der Waals surface area contributed by atoms with E-state index < -0.39 is 0 Å². The van der Waals surface area contributed by atoms with Crippen LogP contribution in [-0.2, 0) is 13.0 Å². The van der Waals surface area contributed by atoms with E-state index in [1.807, 2.05) is 6.07 Å². The molecular formula is C17H21NO. The van der Waals surface area contributed by atoms with Crippen LogP contribution in [0.3, 0.4) is 0 Å². The lowest BCUT2D eigenvalue weighted by Crippen LogP contribution is -2.17. The molecule has 0 aromatic heterocycles. The largest absolute Gasteiger partial charge is 0.396 e. The third-order valence-corrected chi connectivity index (χ3v) is 3.34. The summed E-state index contributed by atoms with van der Waals surface area (Å²) in [6.45, 7) is 3.24. The van der Waals surface area contributed by atoms with Crippen molar-refractivity contribution in [2.24, 2.45) is 0 Å². The van der Waals surface area contributed by atoms with Crippen LogP contribution in [0.2, 0.25) is 0 Å². The Kier molecular flexibility index (Phi) is 5.13. The lowest BCUT2D eigenvalue weighted by Gasteiger charge is -2.14. The van der Waals surface area contributed by atoms with Gasteiger partial charge in [-0.3, -0.25) is 0 Å². The van der Waals surface area contributed by atoms with Gasteiger partial charge in [-0.25, -0.2) is 0 Å². The molecule has 0 aliphatic heterocycles. The van der Waals surface area contributed by atoms with E-state index in [0.717, 1.165) is 13.0 Å². The van der Waals surface area contributed by atoms with Gasteiger partial charge in [0.1, 0.15) is 0 Å². The minimum absolute atomic E-state index is 0.211. The Bertz CT molecular complexity index is 478. The molecule has 0 bridgehead atoms. The zero-order valence-corrected chi connectivity index (χ0v) is 11.3. The van der Waals surface area contributed by atoms with E-state index in [9.17, 15) is 0 Å². The van der Waals surface area contributed by atoms with Crippen molar-refractivity contribution in [3.63, 3.8) is 0 Å². The molecular weight excluding hydrogens is 234 g/mol. The molecule has 2 N–H and O–H groups in total. The van der Waals surface area contributed by atoms with Crippen LogP contribution in [0.15, 0.2) is 54.6 Å². The Morgan fingerprint density at radius 3 is 2.21 bits per heavy atom. The van der Waals surface area contributed by atoms with E-state index in [2.05, 4.69) is 60.8 Å². The Labute approximate surface area is 115 Å². The molecule has 0 unspecified atom stereocenters. The first-order valence-corrected chi connectivity index (χ1v) is 6.76. The summed E-state index contributed by atoms with van der Waals surface area (Å²) in [5.41, 5.74) is 3.76. The van der Waals surface area contributed by atoms with E-state index in [0.29, 0.717) is 6.04 Å². The highest BCUT2D eigenvalue weighted by Crippen LogP contribution is 2.12. The highest BCUT2D eigenvalue weighted by Gasteiger charge is 2.03. The minimum Gasteiger partial charge on any atom is -0.396 e. The topological polar surface area (TPSA) is 32.3 Å². The molecule has 2 nitrogen and oxygen atoms in total. The standard InChI is InChI=1S/C17H21NO/c1-14(17-5-3-2-4-6-17)18-13-16-9-7-15(8-10-16)11-12-19/h2-10,14,18-19H,11-13H2,1H3/t14-/m1/s1. The molecule has 2 rings (SSSR count). The predicted octanol–water partition coefficient (Wildman–Crippen LogP) is 3.07. The first-order valence-electron chi connectivity index (χ1n) is 6.76. The molecule has 0 saturated heterocycles. The van der Waals surface area contributed by atoms with Gasteiger partial charge < -0.3 is 10.4 Å². The Hall–Kier alpha value is -1.64. The molecule has 0 saturated carbocycles. The highest BCUT2D eigenvalue weighted by molar-refractivity contribution is 5.23. The van der Waals surface area contributed by atoms with Crippen molar-refractivity contribution in [3.8, 4) is 0 Å². The fraction of sp³-hybridized carbons (Fsp3) is 0.294. The monoisotopic (exact) mass is 255 g/mol. The maximum Gasteiger partial charge on any atom is 0.0471 e. The first-order chi connectivity index (χ1) is 9.29. The number of hydrogen-bond acceptors (Lipinski definition) is 2. The van der Waals surface area contributed by atoms with Gasteiger partial charge >= 0.3 is 0 Å². The van der Waals surface area contributed by atoms with Gasteiger partial charge in [0.25, 0.3) is 0 Å². The Balaban J connectivity index is 1.88. The van der Waals surface area contributed by atoms with Gasteiger partial charge in [-0.15, -0.1) is 0 Å². The number of aliphatic hydroxyl groups excluding tert-OH is 1. The van der Waals surface area contributed by atoms with Crippen molar-refractivity contribution in [1.29, 1.82) is 0 Å². The van der Waals surface area contributed by atoms with Gasteiger partial charge in [0.15, 0.2) is 0 Å². The van der Waals surface area contributed by atoms with Crippen LogP contribution in [0.25, 0.3) is 0 Å². The van der Waals surface area contributed by atoms with E-state index in [1.165, 1.54) is 16.7 Å². The maximum absolute atomic E-state index is 8.88. The normalized spacial score (nSPS) is 12.3. The molecule has 1 atom stereocenters. The lowest BCUT2D eigenvalue weighted by atomic mass is 10.1. The van der Waals surface area contributed by atoms with Gasteiger partial charge in [0.2, 0.25) is 0 Å². The molecule has 0 spiro atoms. The summed E-state index contributed by atoms with van der Waals surface area (Å²) < 4.78 is 0. The van der Waals surface area contributed by atoms with Gasteiger partial charge in [-0.2, -0.15) is 0 Å². The van der Waals surface area contributed by atoms with Crippen molar-refractivity contribution in [1.82, 2.24) is 5.32 Å². The van der Waals surface area contributed by atoms with Crippen LogP contribution in [0.1, 0.15) is 29.7 Å². The third kappa shape index (κ3) is 4.19. The van der Waals surface area contributed by atoms with Crippen LogP contribution in [0.5, 0.6) is 0 Å². The molecule has 19 heavy (non-hydrogen) atoms. The summed E-state index contributed by atoms with van der Waals surface area (Å²) in [5, 5.41) is 12.4. The average molecular weight is 255 g/mol. The Morgan fingerprint density at radius 1 is 0.947 bits per heavy atom. The van der Waals surface area contributed by atoms with E-state index in [-0.39, 0.29) is 6.61 Å². The van der Waals surface area contributed by atoms with Crippen molar-refractivity contribution in [2.75, 3.05) is 6.61 Å². The molecule has 2 aromatic rings. The van der Waals surface area contributed by atoms with E-state index in [4.69, 9.17) is 5.11 Å². The number of nitrogens with one attached hydrogen (secondary N) is 1. The summed E-state index contributed by atoms with van der Waals surface area (Å²) in [4.78, 5) is 0. The van der Waals surface area contributed by atoms with E-state index >= 15 is 0 Å². The van der Waals surface area contributed by atoms with Crippen molar-refractivity contribution < 1.29 is 5.11 Å². The number of rotatable bonds is 6. The van der Waals surface area contributed by atoms with Gasteiger partial charge in [0, 0.05) is 19.2 Å². The summed E-state index contributed by atoms with van der Waals surface area (Å²) in [6, 6.07) is 19.2. The molecule has 0 radical (unpaired) electrons. The SMILES string of the molecule is C[C@@H](NCc1ccc(CCO)cc1)c1ccccc1. The fourth-order valence-corrected chi connectivity index (χ4v) is 2.08. The summed E-state index contributed by atoms with van der Waals surface area (Å²) in [6.07, 6.45) is 0.730. The van der Waals surface area contributed by atoms with Crippen LogP contribution in [0, 0.1) is 0 Å². The van der Waals surface area contributed by atoms with Gasteiger partial charge in [-0.1, -0.05) is 54.6 Å². The average Bonchev–Trinajstić information content (AvgIpc) is 2.47. The number of aliphatic hydroxyl groups is 1. The van der Waals surface area contributed by atoms with Crippen molar-refractivity contribution >= 4 is 0 Å². The van der Waals surface area contributed by atoms with Crippen LogP contribution >= 0.6 is 0 Å². The molecule has 100 valence electrons. The van der Waals surface area contributed by atoms with Gasteiger partial charge in [0.05, 0.1) is 0 Å². The second-order valence-corrected chi connectivity index (χ2v) is 4.80. The zero-order chi connectivity index (χ0) is 13.5. The molecule has 0 heterocycles. The molecule has 2 aromatic carbocycles. The zero-order valence-electron chi connectivity index (χ0n) is 11.3. The number of benzene rings is 2. The molecule has 0 aliphatic carbocycles. The molecule has 2 heteroatoms. The van der Waals surface area contributed by atoms with Crippen LogP contribution in [-0.4, -0.2) is 11.7 Å². The molecule has 0 fully saturated rings. The minimum atomic E-state index is 0.211. The van der Waals surface area contributed by atoms with Crippen molar-refractivity contribution in [2.45, 2.75) is 25.9 Å². The third-order valence-electron chi connectivity index (χ3n) is 3.34. The Morgan fingerprint density at radius 2 is 1.58 bits per heavy atom. The quantitative estimate of drug-likeness (QED) is 0.831. The number of hydrogen-bond donors (Lipinski definition) is 2. The van der Waals surface area contributed by atoms with E-state index in [1.54, 1.807) is 0 Å². The second kappa shape index (κ2) is 7.07. The second-order valence-electron chi connectivity index (χ2n) is 4.80. The van der Waals surface area contributed by atoms with Crippen molar-refractivity contribution in [3.05, 3.63) is 71.3 Å². The van der Waals surface area contributed by atoms with Crippen LogP contribution in [0.4, 0.5) is 0 Å². The molecule has 0 aliphatic rings. The van der Waals surface area contributed by atoms with Gasteiger partial charge in [-0.05, 0) is 30.0 Å². The summed E-state index contributed by atoms with van der Waals surface area (Å²) in [7, 11) is 0. The first kappa shape index (κ1) is 13.8. The lowest BCUT2D eigenvalue weighted by molar-refractivity contribution is 0.299. The smallest absolute Gasteiger partial charge is 0.0471 e. The fourth-order valence-electron chi connectivity index (χ4n) is 2.08.